The van der Waals surface area contributed by atoms with Gasteiger partial charge in [-0.2, -0.15) is 0 Å². The lowest BCUT2D eigenvalue weighted by atomic mass is 9.90. The largest absolute Gasteiger partial charge is 0.392 e. The van der Waals surface area contributed by atoms with Gasteiger partial charge in [-0.3, -0.25) is 19.7 Å². The fraction of sp³-hybridized carbons (Fsp3) is 0.0476. The van der Waals surface area contributed by atoms with Crippen LogP contribution in [-0.4, -0.2) is 40.6 Å². The smallest absolute Gasteiger partial charge is 0.269 e. The summed E-state index contributed by atoms with van der Waals surface area (Å²) in [6.45, 7) is -0.667. The molecule has 1 aliphatic rings. The number of carbonyl (C=O) groups is 2. The summed E-state index contributed by atoms with van der Waals surface area (Å²) >= 11 is 0. The predicted octanol–water partition coefficient (Wildman–Crippen LogP) is 2.44. The van der Waals surface area contributed by atoms with Gasteiger partial charge in [0.25, 0.3) is 15.7 Å². The molecular weight excluding hydrogens is 424 g/mol. The van der Waals surface area contributed by atoms with E-state index in [9.17, 15) is 33.2 Å². The molecule has 2 aromatic carbocycles. The lowest BCUT2D eigenvalue weighted by molar-refractivity contribution is -0.384. The number of hydrogen-bond donors (Lipinski definition) is 1. The van der Waals surface area contributed by atoms with E-state index in [0.29, 0.717) is 5.56 Å². The molecule has 0 aliphatic heterocycles. The molecule has 4 rings (SSSR count). The van der Waals surface area contributed by atoms with Crippen molar-refractivity contribution < 1.29 is 28.0 Å². The molecule has 0 radical (unpaired) electrons. The Morgan fingerprint density at radius 1 is 1.00 bits per heavy atom. The highest BCUT2D eigenvalue weighted by molar-refractivity contribution is 7.90. The normalized spacial score (nSPS) is 13.6. The van der Waals surface area contributed by atoms with Gasteiger partial charge in [-0.25, -0.2) is 12.4 Å². The number of nitro benzene ring substituents is 1. The molecule has 9 nitrogen and oxygen atoms in total. The van der Waals surface area contributed by atoms with Crippen molar-refractivity contribution in [2.45, 2.75) is 4.90 Å². The minimum atomic E-state index is -4.32. The quantitative estimate of drug-likeness (QED) is 0.367. The molecule has 1 heterocycles. The second-order valence-corrected chi connectivity index (χ2v) is 8.52. The van der Waals surface area contributed by atoms with Crippen LogP contribution in [0.4, 0.5) is 5.69 Å². The summed E-state index contributed by atoms with van der Waals surface area (Å²) in [6, 6.07) is 12.7. The van der Waals surface area contributed by atoms with Crippen molar-refractivity contribution in [2.24, 2.45) is 0 Å². The van der Waals surface area contributed by atoms with Gasteiger partial charge in [0.05, 0.1) is 27.7 Å². The summed E-state index contributed by atoms with van der Waals surface area (Å²) in [7, 11) is -4.32. The molecule has 0 atom stereocenters. The number of benzene rings is 2. The molecule has 0 unspecified atom stereocenters. The zero-order chi connectivity index (χ0) is 22.3. The molecule has 0 saturated heterocycles. The first-order valence-corrected chi connectivity index (χ1v) is 10.4. The zero-order valence-electron chi connectivity index (χ0n) is 15.8. The molecule has 0 saturated carbocycles. The number of fused-ring (bicyclic) bond motifs is 1. The highest BCUT2D eigenvalue weighted by Crippen LogP contribution is 2.37. The van der Waals surface area contributed by atoms with E-state index in [2.05, 4.69) is 0 Å². The van der Waals surface area contributed by atoms with Crippen LogP contribution in [-0.2, 0) is 14.8 Å². The number of carbonyl (C=O) groups excluding carboxylic acids is 2. The van der Waals surface area contributed by atoms with Crippen molar-refractivity contribution in [3.8, 4) is 11.1 Å². The van der Waals surface area contributed by atoms with E-state index < -0.39 is 33.1 Å². The molecule has 31 heavy (non-hydrogen) atoms. The highest BCUT2D eigenvalue weighted by atomic mass is 32.2. The molecule has 0 amide bonds. The number of Topliss-reactive ketones (excluding diaryl/α,β-unsaturated/α-hetero) is 1. The summed E-state index contributed by atoms with van der Waals surface area (Å²) < 4.78 is 27.6. The van der Waals surface area contributed by atoms with Crippen LogP contribution in [0.25, 0.3) is 16.7 Å². The summed E-state index contributed by atoms with van der Waals surface area (Å²) in [5, 5.41) is 20.6. The van der Waals surface area contributed by atoms with Gasteiger partial charge in [0, 0.05) is 29.5 Å². The average Bonchev–Trinajstić information content (AvgIpc) is 3.19. The fourth-order valence-corrected chi connectivity index (χ4v) is 4.83. The first-order valence-electron chi connectivity index (χ1n) is 8.97. The molecule has 10 heteroatoms. The van der Waals surface area contributed by atoms with Crippen LogP contribution in [0.1, 0.15) is 16.1 Å². The van der Waals surface area contributed by atoms with Crippen LogP contribution in [0.15, 0.2) is 71.8 Å². The van der Waals surface area contributed by atoms with Gasteiger partial charge in [0.1, 0.15) is 0 Å². The van der Waals surface area contributed by atoms with E-state index in [0.717, 1.165) is 34.3 Å². The minimum Gasteiger partial charge on any atom is -0.392 e. The second kappa shape index (κ2) is 7.42. The third kappa shape index (κ3) is 3.27. The van der Waals surface area contributed by atoms with Crippen molar-refractivity contribution in [3.63, 3.8) is 0 Å². The van der Waals surface area contributed by atoms with Crippen molar-refractivity contribution in [2.75, 3.05) is 6.61 Å². The van der Waals surface area contributed by atoms with E-state index in [1.807, 2.05) is 0 Å². The standard InChI is InChI=1S/C21H14N2O7S/c24-12-14-10-18(25)21(26)19-17(13-4-2-1-3-5-13)11-22(20(14)19)31(29,30)16-8-6-15(7-9-16)23(27)28/h1-11,24H,12H2. The van der Waals surface area contributed by atoms with Gasteiger partial charge in [0.15, 0.2) is 0 Å². The number of rotatable bonds is 5. The molecule has 3 aromatic rings. The van der Waals surface area contributed by atoms with Crippen LogP contribution in [0.2, 0.25) is 0 Å². The molecule has 0 bridgehead atoms. The van der Waals surface area contributed by atoms with Gasteiger partial charge < -0.3 is 5.11 Å². The maximum absolute atomic E-state index is 13.4. The van der Waals surface area contributed by atoms with Gasteiger partial charge in [-0.05, 0) is 23.8 Å². The van der Waals surface area contributed by atoms with Crippen LogP contribution in [0.3, 0.4) is 0 Å². The summed E-state index contributed by atoms with van der Waals surface area (Å²) in [4.78, 5) is 34.9. The van der Waals surface area contributed by atoms with Crippen molar-refractivity contribution >= 4 is 32.9 Å². The van der Waals surface area contributed by atoms with Crippen molar-refractivity contribution in [1.29, 1.82) is 0 Å². The number of hydrogen-bond acceptors (Lipinski definition) is 7. The fourth-order valence-electron chi connectivity index (χ4n) is 3.43. The number of allylic oxidation sites excluding steroid dienone is 1. The number of non-ortho nitro benzene ring substituents is 1. The van der Waals surface area contributed by atoms with Crippen LogP contribution in [0.5, 0.6) is 0 Å². The molecule has 1 aliphatic carbocycles. The molecular formula is C21H14N2O7S. The number of aromatic nitrogens is 1. The first kappa shape index (κ1) is 20.4. The third-order valence-electron chi connectivity index (χ3n) is 4.89. The van der Waals surface area contributed by atoms with E-state index in [1.165, 1.54) is 6.20 Å². The van der Waals surface area contributed by atoms with E-state index in [-0.39, 0.29) is 33.0 Å². The Kier molecular flexibility index (Phi) is 4.88. The molecule has 0 fully saturated rings. The van der Waals surface area contributed by atoms with Gasteiger partial charge in [0.2, 0.25) is 11.6 Å². The number of ketones is 2. The van der Waals surface area contributed by atoms with Gasteiger partial charge in [-0.1, -0.05) is 30.3 Å². The maximum Gasteiger partial charge on any atom is 0.269 e. The number of aliphatic hydroxyl groups is 1. The summed E-state index contributed by atoms with van der Waals surface area (Å²) in [5.41, 5.74) is 0.204. The van der Waals surface area contributed by atoms with Gasteiger partial charge in [-0.15, -0.1) is 0 Å². The lowest BCUT2D eigenvalue weighted by Gasteiger charge is -2.16. The molecule has 1 aromatic heterocycles. The monoisotopic (exact) mass is 438 g/mol. The molecule has 156 valence electrons. The SMILES string of the molecule is O=C1C=C(CO)c2c(c(-c3ccccc3)cn2S(=O)(=O)c2ccc([N+](=O)[O-])cc2)C1=O. The third-order valence-corrected chi connectivity index (χ3v) is 6.57. The Bertz CT molecular complexity index is 1370. The van der Waals surface area contributed by atoms with Crippen LogP contribution < -0.4 is 0 Å². The van der Waals surface area contributed by atoms with Gasteiger partial charge >= 0.3 is 0 Å². The predicted molar refractivity (Wildman–Crippen MR) is 110 cm³/mol. The number of nitrogens with zero attached hydrogens (tertiary/aromatic N) is 2. The zero-order valence-corrected chi connectivity index (χ0v) is 16.6. The van der Waals surface area contributed by atoms with Crippen LogP contribution in [0, 0.1) is 10.1 Å². The maximum atomic E-state index is 13.4. The van der Waals surface area contributed by atoms with E-state index in [4.69, 9.17) is 0 Å². The molecule has 0 spiro atoms. The number of nitro groups is 1. The summed E-state index contributed by atoms with van der Waals surface area (Å²) in [6.07, 6.45) is 2.14. The Morgan fingerprint density at radius 2 is 1.65 bits per heavy atom. The van der Waals surface area contributed by atoms with Crippen LogP contribution >= 0.6 is 0 Å². The Morgan fingerprint density at radius 3 is 2.23 bits per heavy atom. The topological polar surface area (TPSA) is 137 Å². The van der Waals surface area contributed by atoms with Crippen molar-refractivity contribution in [3.05, 3.63) is 88.2 Å². The first-order chi connectivity index (χ1) is 14.8. The lowest BCUT2D eigenvalue weighted by Crippen LogP contribution is -2.23. The van der Waals surface area contributed by atoms with Crippen molar-refractivity contribution in [1.82, 2.24) is 3.97 Å². The summed E-state index contributed by atoms with van der Waals surface area (Å²) in [5.74, 6) is -1.75. The Hall–Kier alpha value is -3.89. The Labute approximate surface area is 176 Å². The second-order valence-electron chi connectivity index (χ2n) is 6.71. The van der Waals surface area contributed by atoms with E-state index >= 15 is 0 Å². The van der Waals surface area contributed by atoms with E-state index in [1.54, 1.807) is 30.3 Å². The Balaban J connectivity index is 2.01. The average molecular weight is 438 g/mol. The highest BCUT2D eigenvalue weighted by Gasteiger charge is 2.36. The molecule has 1 N–H and O–H groups in total. The number of aliphatic hydroxyl groups excluding tert-OH is 1. The minimum absolute atomic E-state index is 0.0210.